The SMILES string of the molecule is O=Cc1cnn(C2CO2)c1-c1ccc(OCc2ccccc2)cn1. The average molecular weight is 321 g/mol. The first-order valence-corrected chi connectivity index (χ1v) is 7.62. The molecule has 1 unspecified atom stereocenters. The molecule has 3 heterocycles. The Morgan fingerprint density at radius 2 is 2.04 bits per heavy atom. The van der Waals surface area contributed by atoms with Gasteiger partial charge in [0, 0.05) is 0 Å². The molecular weight excluding hydrogens is 306 g/mol. The molecule has 0 bridgehead atoms. The van der Waals surface area contributed by atoms with Crippen LogP contribution in [-0.4, -0.2) is 27.7 Å². The van der Waals surface area contributed by atoms with Crippen molar-refractivity contribution in [2.75, 3.05) is 6.61 Å². The number of aldehydes is 1. The summed E-state index contributed by atoms with van der Waals surface area (Å²) in [6, 6.07) is 13.6. The number of hydrogen-bond donors (Lipinski definition) is 0. The van der Waals surface area contributed by atoms with Crippen molar-refractivity contribution >= 4 is 6.29 Å². The fourth-order valence-electron chi connectivity index (χ4n) is 2.48. The highest BCUT2D eigenvalue weighted by Gasteiger charge is 2.30. The highest BCUT2D eigenvalue weighted by atomic mass is 16.6. The molecule has 1 aliphatic heterocycles. The number of ether oxygens (including phenoxy) is 2. The minimum Gasteiger partial charge on any atom is -0.487 e. The van der Waals surface area contributed by atoms with Crippen LogP contribution >= 0.6 is 0 Å². The number of carbonyl (C=O) groups excluding carboxylic acids is 1. The Morgan fingerprint density at radius 1 is 1.21 bits per heavy atom. The van der Waals surface area contributed by atoms with Gasteiger partial charge in [0.2, 0.25) is 0 Å². The number of hydrogen-bond acceptors (Lipinski definition) is 5. The van der Waals surface area contributed by atoms with Gasteiger partial charge >= 0.3 is 0 Å². The van der Waals surface area contributed by atoms with Gasteiger partial charge in [-0.05, 0) is 17.7 Å². The number of nitrogens with zero attached hydrogens (tertiary/aromatic N) is 3. The number of carbonyl (C=O) groups is 1. The lowest BCUT2D eigenvalue weighted by atomic mass is 10.2. The van der Waals surface area contributed by atoms with E-state index in [1.54, 1.807) is 10.9 Å². The lowest BCUT2D eigenvalue weighted by molar-refractivity contribution is 0.112. The molecule has 1 fully saturated rings. The number of pyridine rings is 1. The summed E-state index contributed by atoms with van der Waals surface area (Å²) in [5, 5.41) is 4.21. The van der Waals surface area contributed by atoms with Crippen molar-refractivity contribution < 1.29 is 14.3 Å². The second-order valence-electron chi connectivity index (χ2n) is 5.45. The summed E-state index contributed by atoms with van der Waals surface area (Å²) in [6.07, 6.45) is 3.86. The Balaban J connectivity index is 1.54. The van der Waals surface area contributed by atoms with Gasteiger partial charge in [0.15, 0.2) is 12.5 Å². The van der Waals surface area contributed by atoms with Crippen molar-refractivity contribution in [2.24, 2.45) is 0 Å². The first kappa shape index (κ1) is 14.6. The largest absolute Gasteiger partial charge is 0.487 e. The van der Waals surface area contributed by atoms with Crippen LogP contribution in [0.4, 0.5) is 0 Å². The Bertz CT molecular complexity index is 840. The van der Waals surface area contributed by atoms with Crippen molar-refractivity contribution in [1.82, 2.24) is 14.8 Å². The van der Waals surface area contributed by atoms with Crippen LogP contribution < -0.4 is 4.74 Å². The van der Waals surface area contributed by atoms with Crippen molar-refractivity contribution in [2.45, 2.75) is 12.8 Å². The molecule has 0 aliphatic carbocycles. The van der Waals surface area contributed by atoms with E-state index in [0.717, 1.165) is 11.8 Å². The topological polar surface area (TPSA) is 69.5 Å². The van der Waals surface area contributed by atoms with E-state index in [0.29, 0.717) is 35.9 Å². The molecule has 1 aliphatic rings. The zero-order valence-corrected chi connectivity index (χ0v) is 12.8. The van der Waals surface area contributed by atoms with E-state index in [9.17, 15) is 4.79 Å². The maximum absolute atomic E-state index is 11.2. The van der Waals surface area contributed by atoms with Crippen LogP contribution in [0.25, 0.3) is 11.4 Å². The standard InChI is InChI=1S/C18H15N3O3/c22-10-14-8-20-21(17-12-24-17)18(14)16-7-6-15(9-19-16)23-11-13-4-2-1-3-5-13/h1-10,17H,11-12H2. The molecule has 120 valence electrons. The summed E-state index contributed by atoms with van der Waals surface area (Å²) in [5.41, 5.74) is 2.92. The van der Waals surface area contributed by atoms with Crippen LogP contribution in [0.2, 0.25) is 0 Å². The molecule has 0 spiro atoms. The Labute approximate surface area is 138 Å². The summed E-state index contributed by atoms with van der Waals surface area (Å²) in [6.45, 7) is 1.08. The number of epoxide rings is 1. The smallest absolute Gasteiger partial charge is 0.174 e. The maximum atomic E-state index is 11.2. The average Bonchev–Trinajstić information content (AvgIpc) is 3.40. The van der Waals surface area contributed by atoms with Gasteiger partial charge in [0.05, 0.1) is 30.3 Å². The van der Waals surface area contributed by atoms with Gasteiger partial charge in [-0.1, -0.05) is 30.3 Å². The third-order valence-electron chi connectivity index (χ3n) is 3.77. The first-order chi connectivity index (χ1) is 11.8. The van der Waals surface area contributed by atoms with E-state index in [1.165, 1.54) is 6.20 Å². The van der Waals surface area contributed by atoms with Gasteiger partial charge in [0.1, 0.15) is 18.1 Å². The molecule has 1 saturated heterocycles. The quantitative estimate of drug-likeness (QED) is 0.516. The second-order valence-corrected chi connectivity index (χ2v) is 5.45. The van der Waals surface area contributed by atoms with Crippen LogP contribution in [0.15, 0.2) is 54.9 Å². The fraction of sp³-hybridized carbons (Fsp3) is 0.167. The van der Waals surface area contributed by atoms with Gasteiger partial charge in [-0.15, -0.1) is 0 Å². The third-order valence-corrected chi connectivity index (χ3v) is 3.77. The molecule has 0 amide bonds. The van der Waals surface area contributed by atoms with Crippen molar-refractivity contribution in [1.29, 1.82) is 0 Å². The molecule has 24 heavy (non-hydrogen) atoms. The minimum atomic E-state index is -0.107. The third kappa shape index (κ3) is 2.91. The van der Waals surface area contributed by atoms with Crippen molar-refractivity contribution in [3.05, 3.63) is 66.0 Å². The van der Waals surface area contributed by atoms with Gasteiger partial charge in [-0.2, -0.15) is 5.10 Å². The number of benzene rings is 1. The van der Waals surface area contributed by atoms with E-state index >= 15 is 0 Å². The maximum Gasteiger partial charge on any atom is 0.174 e. The summed E-state index contributed by atoms with van der Waals surface area (Å²) in [7, 11) is 0. The second kappa shape index (κ2) is 6.25. The molecular formula is C18H15N3O3. The molecule has 1 aromatic carbocycles. The summed E-state index contributed by atoms with van der Waals surface area (Å²) in [5.74, 6) is 0.670. The van der Waals surface area contributed by atoms with Crippen LogP contribution in [-0.2, 0) is 11.3 Å². The zero-order valence-electron chi connectivity index (χ0n) is 12.8. The van der Waals surface area contributed by atoms with Crippen LogP contribution in [0.3, 0.4) is 0 Å². The molecule has 0 saturated carbocycles. The predicted octanol–water partition coefficient (Wildman–Crippen LogP) is 2.87. The molecule has 6 nitrogen and oxygen atoms in total. The van der Waals surface area contributed by atoms with E-state index in [4.69, 9.17) is 9.47 Å². The number of aromatic nitrogens is 3. The Hall–Kier alpha value is -2.99. The lowest BCUT2D eigenvalue weighted by Gasteiger charge is -2.08. The first-order valence-electron chi connectivity index (χ1n) is 7.62. The monoisotopic (exact) mass is 321 g/mol. The van der Waals surface area contributed by atoms with Crippen LogP contribution in [0.5, 0.6) is 5.75 Å². The van der Waals surface area contributed by atoms with Crippen LogP contribution in [0, 0.1) is 0 Å². The highest BCUT2D eigenvalue weighted by molar-refractivity contribution is 5.84. The zero-order chi connectivity index (χ0) is 16.4. The summed E-state index contributed by atoms with van der Waals surface area (Å²) in [4.78, 5) is 15.6. The van der Waals surface area contributed by atoms with Crippen LogP contribution in [0.1, 0.15) is 22.1 Å². The summed E-state index contributed by atoms with van der Waals surface area (Å²) >= 11 is 0. The van der Waals surface area contributed by atoms with Gasteiger partial charge in [0.25, 0.3) is 0 Å². The van der Waals surface area contributed by atoms with Gasteiger partial charge in [-0.3, -0.25) is 9.78 Å². The van der Waals surface area contributed by atoms with E-state index in [2.05, 4.69) is 10.1 Å². The predicted molar refractivity (Wildman–Crippen MR) is 86.6 cm³/mol. The minimum absolute atomic E-state index is 0.107. The molecule has 1 atom stereocenters. The molecule has 0 radical (unpaired) electrons. The van der Waals surface area contributed by atoms with Crippen molar-refractivity contribution in [3.8, 4) is 17.1 Å². The van der Waals surface area contributed by atoms with Gasteiger partial charge in [-0.25, -0.2) is 4.68 Å². The summed E-state index contributed by atoms with van der Waals surface area (Å²) < 4.78 is 12.7. The van der Waals surface area contributed by atoms with E-state index in [1.807, 2.05) is 42.5 Å². The fourth-order valence-corrected chi connectivity index (χ4v) is 2.48. The van der Waals surface area contributed by atoms with E-state index < -0.39 is 0 Å². The molecule has 6 heteroatoms. The Kier molecular flexibility index (Phi) is 3.80. The highest BCUT2D eigenvalue weighted by Crippen LogP contribution is 2.31. The molecule has 0 N–H and O–H groups in total. The number of rotatable bonds is 6. The van der Waals surface area contributed by atoms with E-state index in [-0.39, 0.29) is 6.23 Å². The molecule has 3 aromatic rings. The normalized spacial score (nSPS) is 15.9. The molecule has 2 aromatic heterocycles. The lowest BCUT2D eigenvalue weighted by Crippen LogP contribution is -2.02. The Morgan fingerprint density at radius 3 is 2.71 bits per heavy atom. The molecule has 4 rings (SSSR count). The van der Waals surface area contributed by atoms with Crippen molar-refractivity contribution in [3.63, 3.8) is 0 Å². The van der Waals surface area contributed by atoms with Gasteiger partial charge < -0.3 is 9.47 Å².